The van der Waals surface area contributed by atoms with Crippen LogP contribution in [0.3, 0.4) is 0 Å². The van der Waals surface area contributed by atoms with Crippen LogP contribution in [0.1, 0.15) is 10.4 Å². The van der Waals surface area contributed by atoms with Crippen LogP contribution in [0, 0.1) is 5.82 Å². The van der Waals surface area contributed by atoms with Gasteiger partial charge in [-0.1, -0.05) is 23.2 Å². The maximum absolute atomic E-state index is 12.9. The first kappa shape index (κ1) is 15.5. The van der Waals surface area contributed by atoms with Gasteiger partial charge >= 0.3 is 5.63 Å². The molecule has 4 nitrogen and oxygen atoms in total. The number of carbonyl (C=O) groups excluding carboxylic acids is 1. The molecule has 0 saturated carbocycles. The molecule has 1 heterocycles. The Morgan fingerprint density at radius 1 is 1.09 bits per heavy atom. The van der Waals surface area contributed by atoms with Gasteiger partial charge in [0, 0.05) is 16.1 Å². The van der Waals surface area contributed by atoms with Gasteiger partial charge in [-0.25, -0.2) is 9.18 Å². The highest BCUT2D eigenvalue weighted by atomic mass is 35.5. The molecular formula is C16H8Cl2FNO3. The smallest absolute Gasteiger partial charge is 0.349 e. The van der Waals surface area contributed by atoms with Crippen LogP contribution in [0.5, 0.6) is 0 Å². The molecule has 3 rings (SSSR count). The fourth-order valence-corrected chi connectivity index (χ4v) is 2.59. The highest BCUT2D eigenvalue weighted by Crippen LogP contribution is 2.27. The Morgan fingerprint density at radius 2 is 1.78 bits per heavy atom. The average Bonchev–Trinajstić information content (AvgIpc) is 2.50. The van der Waals surface area contributed by atoms with Crippen LogP contribution in [0.2, 0.25) is 10.0 Å². The molecular weight excluding hydrogens is 344 g/mol. The molecule has 0 radical (unpaired) electrons. The van der Waals surface area contributed by atoms with Crippen LogP contribution >= 0.6 is 23.2 Å². The van der Waals surface area contributed by atoms with E-state index in [1.165, 1.54) is 42.5 Å². The van der Waals surface area contributed by atoms with Crippen molar-refractivity contribution in [3.63, 3.8) is 0 Å². The first-order chi connectivity index (χ1) is 10.9. The van der Waals surface area contributed by atoms with Gasteiger partial charge in [-0.2, -0.15) is 0 Å². The Balaban J connectivity index is 2.01. The molecule has 7 heteroatoms. The van der Waals surface area contributed by atoms with Crippen molar-refractivity contribution in [1.82, 2.24) is 0 Å². The Morgan fingerprint density at radius 3 is 2.48 bits per heavy atom. The average molecular weight is 352 g/mol. The van der Waals surface area contributed by atoms with Gasteiger partial charge in [0.2, 0.25) is 0 Å². The van der Waals surface area contributed by atoms with E-state index in [9.17, 15) is 14.0 Å². The first-order valence-corrected chi connectivity index (χ1v) is 7.19. The zero-order valence-corrected chi connectivity index (χ0v) is 12.9. The van der Waals surface area contributed by atoms with E-state index in [2.05, 4.69) is 5.32 Å². The van der Waals surface area contributed by atoms with Crippen molar-refractivity contribution in [1.29, 1.82) is 0 Å². The molecule has 0 aliphatic rings. The molecule has 0 fully saturated rings. The van der Waals surface area contributed by atoms with Gasteiger partial charge in [0.25, 0.3) is 5.91 Å². The maximum Gasteiger partial charge on any atom is 0.349 e. The number of anilines is 1. The second-order valence-electron chi connectivity index (χ2n) is 4.71. The van der Waals surface area contributed by atoms with E-state index in [1.807, 2.05) is 0 Å². The maximum atomic E-state index is 12.9. The van der Waals surface area contributed by atoms with E-state index in [-0.39, 0.29) is 16.2 Å². The lowest BCUT2D eigenvalue weighted by atomic mass is 10.1. The molecule has 1 amide bonds. The van der Waals surface area contributed by atoms with Crippen LogP contribution in [0.25, 0.3) is 11.0 Å². The third-order valence-corrected chi connectivity index (χ3v) is 3.60. The number of carbonyl (C=O) groups is 1. The molecule has 0 saturated heterocycles. The second kappa shape index (κ2) is 6.02. The van der Waals surface area contributed by atoms with E-state index < -0.39 is 17.3 Å². The zero-order chi connectivity index (χ0) is 16.6. The van der Waals surface area contributed by atoms with Crippen molar-refractivity contribution in [2.75, 3.05) is 5.32 Å². The van der Waals surface area contributed by atoms with Crippen molar-refractivity contribution in [2.24, 2.45) is 0 Å². The molecule has 3 aromatic rings. The fourth-order valence-electron chi connectivity index (χ4n) is 2.05. The van der Waals surface area contributed by atoms with Crippen molar-refractivity contribution in [3.8, 4) is 0 Å². The quantitative estimate of drug-likeness (QED) is 0.692. The summed E-state index contributed by atoms with van der Waals surface area (Å²) in [5.41, 5.74) is -0.541. The molecule has 0 atom stereocenters. The summed E-state index contributed by atoms with van der Waals surface area (Å²) >= 11 is 11.9. The van der Waals surface area contributed by atoms with Crippen LogP contribution in [0.4, 0.5) is 10.1 Å². The molecule has 1 N–H and O–H groups in total. The number of nitrogens with one attached hydrogen (secondary N) is 1. The largest absolute Gasteiger partial charge is 0.421 e. The molecule has 116 valence electrons. The molecule has 0 aliphatic heterocycles. The number of fused-ring (bicyclic) bond motifs is 1. The second-order valence-corrected chi connectivity index (χ2v) is 5.56. The van der Waals surface area contributed by atoms with Crippen LogP contribution in [-0.2, 0) is 0 Å². The minimum absolute atomic E-state index is 0.152. The lowest BCUT2D eigenvalue weighted by Gasteiger charge is -2.06. The normalized spacial score (nSPS) is 10.7. The number of hydrogen-bond donors (Lipinski definition) is 1. The van der Waals surface area contributed by atoms with Gasteiger partial charge in [-0.05, 0) is 42.5 Å². The number of rotatable bonds is 2. The van der Waals surface area contributed by atoms with Crippen LogP contribution in [-0.4, -0.2) is 5.91 Å². The zero-order valence-electron chi connectivity index (χ0n) is 11.4. The van der Waals surface area contributed by atoms with Gasteiger partial charge in [0.1, 0.15) is 11.4 Å². The molecule has 0 bridgehead atoms. The van der Waals surface area contributed by atoms with Gasteiger partial charge in [-0.3, -0.25) is 4.79 Å². The van der Waals surface area contributed by atoms with Gasteiger partial charge in [0.15, 0.2) is 5.58 Å². The summed E-state index contributed by atoms with van der Waals surface area (Å²) in [5.74, 6) is -1.11. The molecule has 2 aromatic carbocycles. The predicted molar refractivity (Wildman–Crippen MR) is 86.9 cm³/mol. The van der Waals surface area contributed by atoms with Crippen LogP contribution in [0.15, 0.2) is 51.7 Å². The summed E-state index contributed by atoms with van der Waals surface area (Å²) in [7, 11) is 0. The third-order valence-electron chi connectivity index (χ3n) is 3.10. The fraction of sp³-hybridized carbons (Fsp3) is 0. The monoisotopic (exact) mass is 351 g/mol. The number of hydrogen-bond acceptors (Lipinski definition) is 3. The highest BCUT2D eigenvalue weighted by molar-refractivity contribution is 6.38. The Kier molecular flexibility index (Phi) is 4.07. The third kappa shape index (κ3) is 3.21. The molecule has 0 spiro atoms. The Bertz CT molecular complexity index is 967. The predicted octanol–water partition coefficient (Wildman–Crippen LogP) is 4.49. The summed E-state index contributed by atoms with van der Waals surface area (Å²) < 4.78 is 17.9. The topological polar surface area (TPSA) is 59.3 Å². The van der Waals surface area contributed by atoms with Crippen LogP contribution < -0.4 is 10.9 Å². The van der Waals surface area contributed by atoms with Crippen molar-refractivity contribution in [2.45, 2.75) is 0 Å². The lowest BCUT2D eigenvalue weighted by molar-refractivity contribution is 0.102. The number of benzene rings is 2. The SMILES string of the molecule is O=C(Nc1ccc(F)cc1)c1cc2cc(Cl)cc(Cl)c2oc1=O. The minimum atomic E-state index is -0.832. The molecule has 0 aliphatic carbocycles. The molecule has 0 unspecified atom stereocenters. The lowest BCUT2D eigenvalue weighted by Crippen LogP contribution is -2.20. The standard InChI is InChI=1S/C16H8Cl2FNO3/c17-9-5-8-6-12(16(22)23-14(8)13(18)7-9)15(21)20-11-3-1-10(19)2-4-11/h1-7H,(H,20,21). The van der Waals surface area contributed by atoms with E-state index in [0.717, 1.165) is 0 Å². The summed E-state index contributed by atoms with van der Waals surface area (Å²) in [5, 5.41) is 3.44. The summed E-state index contributed by atoms with van der Waals surface area (Å²) in [4.78, 5) is 24.2. The van der Waals surface area contributed by atoms with E-state index >= 15 is 0 Å². The summed E-state index contributed by atoms with van der Waals surface area (Å²) in [6.07, 6.45) is 0. The molecule has 1 aromatic heterocycles. The highest BCUT2D eigenvalue weighted by Gasteiger charge is 2.15. The van der Waals surface area contributed by atoms with Gasteiger partial charge in [0.05, 0.1) is 5.02 Å². The molecule has 23 heavy (non-hydrogen) atoms. The Hall–Kier alpha value is -2.37. The Labute approximate surface area is 139 Å². The van der Waals surface area contributed by atoms with Gasteiger partial charge in [-0.15, -0.1) is 0 Å². The van der Waals surface area contributed by atoms with E-state index in [1.54, 1.807) is 0 Å². The first-order valence-electron chi connectivity index (χ1n) is 6.44. The van der Waals surface area contributed by atoms with Crippen molar-refractivity contribution >= 4 is 45.8 Å². The number of amides is 1. The number of halogens is 3. The summed E-state index contributed by atoms with van der Waals surface area (Å²) in [6.45, 7) is 0. The summed E-state index contributed by atoms with van der Waals surface area (Å²) in [6, 6.07) is 9.45. The van der Waals surface area contributed by atoms with E-state index in [0.29, 0.717) is 16.1 Å². The minimum Gasteiger partial charge on any atom is -0.421 e. The van der Waals surface area contributed by atoms with Gasteiger partial charge < -0.3 is 9.73 Å². The van der Waals surface area contributed by atoms with Crippen molar-refractivity contribution in [3.05, 3.63) is 74.3 Å². The van der Waals surface area contributed by atoms with E-state index in [4.69, 9.17) is 27.6 Å². The van der Waals surface area contributed by atoms with Crippen molar-refractivity contribution < 1.29 is 13.6 Å².